The van der Waals surface area contributed by atoms with Gasteiger partial charge in [-0.25, -0.2) is 9.18 Å². The number of nitrogens with one attached hydrogen (secondary N) is 1. The van der Waals surface area contributed by atoms with E-state index in [0.29, 0.717) is 4.90 Å². The molecule has 1 amide bonds. The molecule has 0 heterocycles. The zero-order valence-electron chi connectivity index (χ0n) is 9.44. The molecule has 0 bridgehead atoms. The van der Waals surface area contributed by atoms with Gasteiger partial charge < -0.3 is 10.4 Å². The van der Waals surface area contributed by atoms with Crippen LogP contribution in [0.4, 0.5) is 4.39 Å². The van der Waals surface area contributed by atoms with Crippen LogP contribution in [0.1, 0.15) is 6.92 Å². The summed E-state index contributed by atoms with van der Waals surface area (Å²) < 4.78 is 12.9. The molecule has 0 aliphatic carbocycles. The van der Waals surface area contributed by atoms with E-state index < -0.39 is 23.7 Å². The summed E-state index contributed by atoms with van der Waals surface area (Å²) in [5.74, 6) is -1.93. The summed E-state index contributed by atoms with van der Waals surface area (Å²) in [5, 5.41) is 11.2. The SMILES string of the molecule is CC(=O)NC(CSc1ccc(F)c(Cl)c1)C(=O)O. The third kappa shape index (κ3) is 4.54. The average molecular weight is 292 g/mol. The monoisotopic (exact) mass is 291 g/mol. The molecule has 2 N–H and O–H groups in total. The van der Waals surface area contributed by atoms with Gasteiger partial charge in [-0.3, -0.25) is 4.79 Å². The van der Waals surface area contributed by atoms with Gasteiger partial charge in [-0.2, -0.15) is 0 Å². The lowest BCUT2D eigenvalue weighted by molar-refractivity contribution is -0.140. The van der Waals surface area contributed by atoms with Gasteiger partial charge in [-0.05, 0) is 18.2 Å². The van der Waals surface area contributed by atoms with Crippen LogP contribution in [-0.4, -0.2) is 28.8 Å². The van der Waals surface area contributed by atoms with Crippen LogP contribution in [0.5, 0.6) is 0 Å². The highest BCUT2D eigenvalue weighted by atomic mass is 35.5. The smallest absolute Gasteiger partial charge is 0.327 e. The molecule has 0 spiro atoms. The maximum absolute atomic E-state index is 12.9. The Morgan fingerprint density at radius 2 is 2.22 bits per heavy atom. The molecule has 0 aliphatic heterocycles. The summed E-state index contributed by atoms with van der Waals surface area (Å²) in [7, 11) is 0. The van der Waals surface area contributed by atoms with Crippen LogP contribution in [0.25, 0.3) is 0 Å². The topological polar surface area (TPSA) is 66.4 Å². The van der Waals surface area contributed by atoms with Crippen LogP contribution in [0.3, 0.4) is 0 Å². The Morgan fingerprint density at radius 1 is 1.56 bits per heavy atom. The number of benzene rings is 1. The fourth-order valence-corrected chi connectivity index (χ4v) is 2.36. The van der Waals surface area contributed by atoms with Gasteiger partial charge in [0, 0.05) is 17.6 Å². The second kappa shape index (κ2) is 6.61. The van der Waals surface area contributed by atoms with Crippen LogP contribution < -0.4 is 5.32 Å². The van der Waals surface area contributed by atoms with Crippen LogP contribution >= 0.6 is 23.4 Å². The van der Waals surface area contributed by atoms with Crippen molar-refractivity contribution < 1.29 is 19.1 Å². The first-order chi connectivity index (χ1) is 8.40. The number of hydrogen-bond donors (Lipinski definition) is 2. The fourth-order valence-electron chi connectivity index (χ4n) is 1.17. The van der Waals surface area contributed by atoms with Crippen molar-refractivity contribution in [2.75, 3.05) is 5.75 Å². The van der Waals surface area contributed by atoms with Crippen LogP contribution in [-0.2, 0) is 9.59 Å². The summed E-state index contributed by atoms with van der Waals surface area (Å²) in [6, 6.07) is 3.13. The lowest BCUT2D eigenvalue weighted by Gasteiger charge is -2.12. The molecule has 1 aromatic carbocycles. The van der Waals surface area contributed by atoms with E-state index in [-0.39, 0.29) is 10.8 Å². The maximum Gasteiger partial charge on any atom is 0.327 e. The van der Waals surface area contributed by atoms with E-state index in [2.05, 4.69) is 5.32 Å². The van der Waals surface area contributed by atoms with Gasteiger partial charge in [-0.15, -0.1) is 11.8 Å². The van der Waals surface area contributed by atoms with Crippen molar-refractivity contribution in [1.82, 2.24) is 5.32 Å². The van der Waals surface area contributed by atoms with Crippen molar-refractivity contribution in [2.24, 2.45) is 0 Å². The molecule has 0 aliphatic rings. The molecule has 1 atom stereocenters. The maximum atomic E-state index is 12.9. The molecule has 1 aromatic rings. The highest BCUT2D eigenvalue weighted by molar-refractivity contribution is 7.99. The number of rotatable bonds is 5. The molecular weight excluding hydrogens is 281 g/mol. The molecule has 1 unspecified atom stereocenters. The summed E-state index contributed by atoms with van der Waals surface area (Å²) in [5.41, 5.74) is 0. The molecule has 98 valence electrons. The Kier molecular flexibility index (Phi) is 5.43. The molecule has 7 heteroatoms. The van der Waals surface area contributed by atoms with E-state index in [0.717, 1.165) is 0 Å². The Hall–Kier alpha value is -1.27. The number of halogens is 2. The number of thioether (sulfide) groups is 1. The highest BCUT2D eigenvalue weighted by Crippen LogP contribution is 2.24. The fraction of sp³-hybridized carbons (Fsp3) is 0.273. The molecule has 18 heavy (non-hydrogen) atoms. The van der Waals surface area contributed by atoms with E-state index in [9.17, 15) is 14.0 Å². The second-order valence-corrected chi connectivity index (χ2v) is 4.98. The molecule has 0 aromatic heterocycles. The Balaban J connectivity index is 2.64. The number of carboxylic acids is 1. The molecule has 0 saturated carbocycles. The molecule has 0 fully saturated rings. The van der Waals surface area contributed by atoms with Gasteiger partial charge >= 0.3 is 5.97 Å². The molecule has 1 rings (SSSR count). The summed E-state index contributed by atoms with van der Waals surface area (Å²) in [6.07, 6.45) is 0. The van der Waals surface area contributed by atoms with E-state index in [4.69, 9.17) is 16.7 Å². The number of aliphatic carboxylic acids is 1. The van der Waals surface area contributed by atoms with Crippen LogP contribution in [0.15, 0.2) is 23.1 Å². The average Bonchev–Trinajstić information content (AvgIpc) is 2.28. The Labute approximate surface area is 113 Å². The largest absolute Gasteiger partial charge is 0.480 e. The van der Waals surface area contributed by atoms with Crippen molar-refractivity contribution in [2.45, 2.75) is 17.9 Å². The number of carbonyl (C=O) groups excluding carboxylic acids is 1. The second-order valence-electron chi connectivity index (χ2n) is 3.48. The van der Waals surface area contributed by atoms with Crippen molar-refractivity contribution in [3.05, 3.63) is 29.0 Å². The predicted octanol–water partition coefficient (Wildman–Crippen LogP) is 2.16. The zero-order chi connectivity index (χ0) is 13.7. The minimum atomic E-state index is -1.12. The molecule has 0 radical (unpaired) electrons. The van der Waals surface area contributed by atoms with E-state index in [1.165, 1.54) is 36.9 Å². The first kappa shape index (κ1) is 14.8. The molecular formula is C11H11ClFNO3S. The third-order valence-corrected chi connectivity index (χ3v) is 3.36. The summed E-state index contributed by atoms with van der Waals surface area (Å²) >= 11 is 6.78. The van der Waals surface area contributed by atoms with Crippen molar-refractivity contribution in [3.63, 3.8) is 0 Å². The van der Waals surface area contributed by atoms with Crippen molar-refractivity contribution in [1.29, 1.82) is 0 Å². The van der Waals surface area contributed by atoms with Gasteiger partial charge in [0.05, 0.1) is 5.02 Å². The van der Waals surface area contributed by atoms with Crippen molar-refractivity contribution in [3.8, 4) is 0 Å². The van der Waals surface area contributed by atoms with Gasteiger partial charge in [0.15, 0.2) is 0 Å². The normalized spacial score (nSPS) is 11.9. The number of amides is 1. The van der Waals surface area contributed by atoms with Gasteiger partial charge in [0.1, 0.15) is 11.9 Å². The summed E-state index contributed by atoms with van der Waals surface area (Å²) in [4.78, 5) is 22.3. The number of carboxylic acid groups (broad SMARTS) is 1. The minimum absolute atomic E-state index is 0.0218. The first-order valence-electron chi connectivity index (χ1n) is 4.98. The Bertz CT molecular complexity index is 470. The molecule has 0 saturated heterocycles. The highest BCUT2D eigenvalue weighted by Gasteiger charge is 2.18. The van der Waals surface area contributed by atoms with E-state index in [1.807, 2.05) is 0 Å². The lowest BCUT2D eigenvalue weighted by atomic mass is 10.3. The van der Waals surface area contributed by atoms with E-state index in [1.54, 1.807) is 0 Å². The van der Waals surface area contributed by atoms with Gasteiger partial charge in [0.25, 0.3) is 0 Å². The minimum Gasteiger partial charge on any atom is -0.480 e. The standard InChI is InChI=1S/C11H11ClFNO3S/c1-6(15)14-10(11(16)17)5-18-7-2-3-9(13)8(12)4-7/h2-4,10H,5H2,1H3,(H,14,15)(H,16,17). The van der Waals surface area contributed by atoms with Gasteiger partial charge in [0.2, 0.25) is 5.91 Å². The predicted molar refractivity (Wildman–Crippen MR) is 67.4 cm³/mol. The molecule has 4 nitrogen and oxygen atoms in total. The third-order valence-electron chi connectivity index (χ3n) is 1.98. The number of hydrogen-bond acceptors (Lipinski definition) is 3. The van der Waals surface area contributed by atoms with Crippen LogP contribution in [0, 0.1) is 5.82 Å². The summed E-state index contributed by atoms with van der Waals surface area (Å²) in [6.45, 7) is 1.25. The van der Waals surface area contributed by atoms with E-state index >= 15 is 0 Å². The van der Waals surface area contributed by atoms with Crippen LogP contribution in [0.2, 0.25) is 5.02 Å². The quantitative estimate of drug-likeness (QED) is 0.816. The zero-order valence-corrected chi connectivity index (χ0v) is 11.0. The van der Waals surface area contributed by atoms with Gasteiger partial charge in [-0.1, -0.05) is 11.6 Å². The first-order valence-corrected chi connectivity index (χ1v) is 6.34. The van der Waals surface area contributed by atoms with Crippen molar-refractivity contribution >= 4 is 35.2 Å². The lowest BCUT2D eigenvalue weighted by Crippen LogP contribution is -2.41. The Morgan fingerprint density at radius 3 is 2.72 bits per heavy atom. The number of carbonyl (C=O) groups is 2.